The lowest BCUT2D eigenvalue weighted by Gasteiger charge is -2.27. The molecule has 0 heterocycles. The zero-order chi connectivity index (χ0) is 20.6. The Balaban J connectivity index is 2.13. The van der Waals surface area contributed by atoms with Gasteiger partial charge in [-0.25, -0.2) is 13.8 Å². The number of ether oxygens (including phenoxy) is 1. The van der Waals surface area contributed by atoms with Crippen LogP contribution in [0.3, 0.4) is 0 Å². The second kappa shape index (κ2) is 10.5. The van der Waals surface area contributed by atoms with Crippen molar-refractivity contribution in [1.29, 1.82) is 0 Å². The molecular weight excluding hydrogens is 378 g/mol. The fraction of sp³-hybridized carbons (Fsp3) is 0.600. The Morgan fingerprint density at radius 1 is 1.14 bits per heavy atom. The van der Waals surface area contributed by atoms with Crippen molar-refractivity contribution in [2.75, 3.05) is 17.2 Å². The minimum atomic E-state index is -3.66. The van der Waals surface area contributed by atoms with E-state index in [1.165, 1.54) is 19.3 Å². The molecule has 0 saturated heterocycles. The van der Waals surface area contributed by atoms with Gasteiger partial charge in [-0.3, -0.25) is 9.10 Å². The molecule has 2 rings (SSSR count). The standard InChI is InChI=1S/C20H31N3O4S/c1-4-27-19-14-12-18(13-15-19)23(28(3,25)26)16(2)20(24)22-21-17-10-8-6-5-7-9-11-17/h12-16H,4-11H2,1-3H3,(H,22,24)/t16-/m1/s1. The highest BCUT2D eigenvalue weighted by molar-refractivity contribution is 7.92. The van der Waals surface area contributed by atoms with Crippen LogP contribution >= 0.6 is 0 Å². The Kier molecular flexibility index (Phi) is 8.29. The molecule has 7 nitrogen and oxygen atoms in total. The Morgan fingerprint density at radius 3 is 2.25 bits per heavy atom. The maximum absolute atomic E-state index is 12.6. The van der Waals surface area contributed by atoms with Gasteiger partial charge < -0.3 is 4.74 Å². The van der Waals surface area contributed by atoms with Crippen LogP contribution in [-0.2, 0) is 14.8 Å². The number of amides is 1. The number of carbonyl (C=O) groups is 1. The predicted octanol–water partition coefficient (Wildman–Crippen LogP) is 3.46. The Hall–Kier alpha value is -2.09. The van der Waals surface area contributed by atoms with E-state index in [2.05, 4.69) is 10.5 Å². The van der Waals surface area contributed by atoms with Crippen LogP contribution in [0.25, 0.3) is 0 Å². The van der Waals surface area contributed by atoms with Crippen molar-refractivity contribution in [3.8, 4) is 5.75 Å². The summed E-state index contributed by atoms with van der Waals surface area (Å²) in [6.45, 7) is 3.96. The molecule has 0 aromatic heterocycles. The van der Waals surface area contributed by atoms with Gasteiger partial charge in [-0.15, -0.1) is 0 Å². The van der Waals surface area contributed by atoms with E-state index in [1.54, 1.807) is 31.2 Å². The summed E-state index contributed by atoms with van der Waals surface area (Å²) < 4.78 is 31.2. The van der Waals surface area contributed by atoms with E-state index in [0.717, 1.165) is 42.0 Å². The molecule has 1 fully saturated rings. The van der Waals surface area contributed by atoms with Gasteiger partial charge >= 0.3 is 0 Å². The van der Waals surface area contributed by atoms with Gasteiger partial charge in [0.05, 0.1) is 18.6 Å². The molecule has 156 valence electrons. The summed E-state index contributed by atoms with van der Waals surface area (Å²) in [7, 11) is -3.66. The molecule has 0 radical (unpaired) electrons. The number of rotatable bonds is 7. The smallest absolute Gasteiger partial charge is 0.263 e. The molecule has 0 bridgehead atoms. The topological polar surface area (TPSA) is 88.1 Å². The lowest BCUT2D eigenvalue weighted by atomic mass is 9.99. The summed E-state index contributed by atoms with van der Waals surface area (Å²) in [6, 6.07) is 5.73. The molecule has 1 saturated carbocycles. The summed E-state index contributed by atoms with van der Waals surface area (Å²) >= 11 is 0. The first kappa shape index (κ1) is 22.2. The molecule has 8 heteroatoms. The van der Waals surface area contributed by atoms with E-state index < -0.39 is 22.0 Å². The molecule has 1 atom stereocenters. The summed E-state index contributed by atoms with van der Waals surface area (Å²) in [5.74, 6) is 0.196. The average Bonchev–Trinajstić information content (AvgIpc) is 2.61. The van der Waals surface area contributed by atoms with Gasteiger partial charge in [0.15, 0.2) is 0 Å². The molecule has 1 aliphatic carbocycles. The van der Waals surface area contributed by atoms with E-state index in [0.29, 0.717) is 18.0 Å². The first-order valence-corrected chi connectivity index (χ1v) is 11.8. The minimum absolute atomic E-state index is 0.409. The molecule has 0 unspecified atom stereocenters. The largest absolute Gasteiger partial charge is 0.494 e. The van der Waals surface area contributed by atoms with Crippen molar-refractivity contribution >= 4 is 27.3 Å². The third kappa shape index (κ3) is 6.51. The number of anilines is 1. The molecule has 1 aromatic carbocycles. The van der Waals surface area contributed by atoms with E-state index in [9.17, 15) is 13.2 Å². The minimum Gasteiger partial charge on any atom is -0.494 e. The van der Waals surface area contributed by atoms with Crippen LogP contribution in [0.2, 0.25) is 0 Å². The lowest BCUT2D eigenvalue weighted by molar-refractivity contribution is -0.121. The third-order valence-electron chi connectivity index (χ3n) is 4.75. The van der Waals surface area contributed by atoms with Gasteiger partial charge in [-0.2, -0.15) is 5.10 Å². The molecule has 0 aliphatic heterocycles. The first-order valence-electron chi connectivity index (χ1n) is 9.90. The van der Waals surface area contributed by atoms with Crippen molar-refractivity contribution < 1.29 is 17.9 Å². The van der Waals surface area contributed by atoms with Crippen molar-refractivity contribution in [3.63, 3.8) is 0 Å². The molecule has 0 spiro atoms. The second-order valence-corrected chi connectivity index (χ2v) is 8.94. The van der Waals surface area contributed by atoms with Crippen LogP contribution in [0.4, 0.5) is 5.69 Å². The first-order chi connectivity index (χ1) is 13.3. The van der Waals surface area contributed by atoms with Crippen LogP contribution in [0.1, 0.15) is 58.8 Å². The quantitative estimate of drug-likeness (QED) is 0.699. The summed E-state index contributed by atoms with van der Waals surface area (Å²) in [5.41, 5.74) is 3.96. The molecule has 1 aromatic rings. The van der Waals surface area contributed by atoms with Gasteiger partial charge in [0.2, 0.25) is 10.0 Å². The van der Waals surface area contributed by atoms with Crippen molar-refractivity contribution in [2.45, 2.75) is 64.8 Å². The maximum atomic E-state index is 12.6. The molecule has 1 amide bonds. The summed E-state index contributed by atoms with van der Waals surface area (Å²) in [4.78, 5) is 12.6. The van der Waals surface area contributed by atoms with Crippen LogP contribution in [0.5, 0.6) is 5.75 Å². The Labute approximate surface area is 168 Å². The fourth-order valence-corrected chi connectivity index (χ4v) is 4.49. The fourth-order valence-electron chi connectivity index (χ4n) is 3.32. The van der Waals surface area contributed by atoms with Gasteiger partial charge in [0, 0.05) is 5.71 Å². The number of hydrogen-bond acceptors (Lipinski definition) is 5. The highest BCUT2D eigenvalue weighted by Crippen LogP contribution is 2.24. The van der Waals surface area contributed by atoms with E-state index in [-0.39, 0.29) is 0 Å². The van der Waals surface area contributed by atoms with Crippen LogP contribution in [0.15, 0.2) is 29.4 Å². The van der Waals surface area contributed by atoms with Crippen LogP contribution in [-0.4, -0.2) is 38.9 Å². The van der Waals surface area contributed by atoms with E-state index >= 15 is 0 Å². The SMILES string of the molecule is CCOc1ccc(N([C@H](C)C(=O)NN=C2CCCCCCC2)S(C)(=O)=O)cc1. The second-order valence-electron chi connectivity index (χ2n) is 7.08. The van der Waals surface area contributed by atoms with Crippen molar-refractivity contribution in [2.24, 2.45) is 5.10 Å². The number of nitrogens with zero attached hydrogens (tertiary/aromatic N) is 2. The number of sulfonamides is 1. The zero-order valence-corrected chi connectivity index (χ0v) is 17.8. The number of hydrogen-bond donors (Lipinski definition) is 1. The van der Waals surface area contributed by atoms with Crippen LogP contribution in [0, 0.1) is 0 Å². The van der Waals surface area contributed by atoms with Crippen molar-refractivity contribution in [1.82, 2.24) is 5.43 Å². The van der Waals surface area contributed by atoms with E-state index in [4.69, 9.17) is 4.74 Å². The third-order valence-corrected chi connectivity index (χ3v) is 5.99. The number of benzene rings is 1. The highest BCUT2D eigenvalue weighted by atomic mass is 32.2. The lowest BCUT2D eigenvalue weighted by Crippen LogP contribution is -2.47. The summed E-state index contributed by atoms with van der Waals surface area (Å²) in [6.07, 6.45) is 8.62. The number of carbonyl (C=O) groups excluding carboxylic acids is 1. The highest BCUT2D eigenvalue weighted by Gasteiger charge is 2.29. The van der Waals surface area contributed by atoms with Gasteiger partial charge in [0.25, 0.3) is 5.91 Å². The number of nitrogens with one attached hydrogen (secondary N) is 1. The molecule has 28 heavy (non-hydrogen) atoms. The average molecular weight is 410 g/mol. The van der Waals surface area contributed by atoms with Gasteiger partial charge in [-0.1, -0.05) is 19.3 Å². The predicted molar refractivity (Wildman–Crippen MR) is 112 cm³/mol. The molecular formula is C20H31N3O4S. The zero-order valence-electron chi connectivity index (χ0n) is 17.0. The Morgan fingerprint density at radius 2 is 1.71 bits per heavy atom. The summed E-state index contributed by atoms with van der Waals surface area (Å²) in [5, 5.41) is 4.28. The maximum Gasteiger partial charge on any atom is 0.263 e. The van der Waals surface area contributed by atoms with E-state index in [1.807, 2.05) is 6.92 Å². The van der Waals surface area contributed by atoms with Crippen molar-refractivity contribution in [3.05, 3.63) is 24.3 Å². The van der Waals surface area contributed by atoms with Gasteiger partial charge in [0.1, 0.15) is 11.8 Å². The molecule has 1 N–H and O–H groups in total. The molecule has 1 aliphatic rings. The number of hydrazone groups is 1. The van der Waals surface area contributed by atoms with Gasteiger partial charge in [-0.05, 0) is 63.8 Å². The Bertz CT molecular complexity index is 765. The normalized spacial score (nSPS) is 16.5. The monoisotopic (exact) mass is 409 g/mol. The van der Waals surface area contributed by atoms with Crippen LogP contribution < -0.4 is 14.5 Å².